The van der Waals surface area contributed by atoms with Crippen molar-refractivity contribution in [1.82, 2.24) is 14.9 Å². The highest BCUT2D eigenvalue weighted by Gasteiger charge is 2.18. The van der Waals surface area contributed by atoms with Crippen molar-refractivity contribution in [2.75, 3.05) is 5.84 Å². The zero-order chi connectivity index (χ0) is 16.4. The number of thioether (sulfide) groups is 1. The van der Waals surface area contributed by atoms with Crippen LogP contribution in [0.1, 0.15) is 17.7 Å². The number of nitro benzene ring substituents is 1. The number of non-ortho nitro benzene ring substituents is 1. The Morgan fingerprint density at radius 3 is 2.87 bits per heavy atom. The molecule has 0 aliphatic heterocycles. The maximum atomic E-state index is 10.9. The van der Waals surface area contributed by atoms with Gasteiger partial charge in [-0.15, -0.1) is 10.2 Å². The van der Waals surface area contributed by atoms with Crippen LogP contribution in [0.15, 0.2) is 52.2 Å². The van der Waals surface area contributed by atoms with Crippen LogP contribution in [0.4, 0.5) is 5.69 Å². The van der Waals surface area contributed by atoms with Gasteiger partial charge in [0.15, 0.2) is 5.76 Å². The van der Waals surface area contributed by atoms with Crippen LogP contribution in [0, 0.1) is 10.1 Å². The number of nitrogens with zero attached hydrogens (tertiary/aromatic N) is 4. The fourth-order valence-corrected chi connectivity index (χ4v) is 2.94. The normalized spacial score (nSPS) is 12.2. The molecule has 0 amide bonds. The second-order valence-corrected chi connectivity index (χ2v) is 6.07. The Balaban J connectivity index is 1.82. The molecule has 0 bridgehead atoms. The van der Waals surface area contributed by atoms with E-state index < -0.39 is 4.92 Å². The summed E-state index contributed by atoms with van der Waals surface area (Å²) in [6, 6.07) is 9.97. The number of nitrogens with two attached hydrogens (primary N) is 1. The van der Waals surface area contributed by atoms with Gasteiger partial charge in [0, 0.05) is 17.4 Å². The number of nitro groups is 1. The van der Waals surface area contributed by atoms with E-state index in [9.17, 15) is 10.1 Å². The molecule has 0 unspecified atom stereocenters. The highest BCUT2D eigenvalue weighted by Crippen LogP contribution is 2.35. The average molecular weight is 331 g/mol. The van der Waals surface area contributed by atoms with E-state index >= 15 is 0 Å². The van der Waals surface area contributed by atoms with Crippen molar-refractivity contribution in [2.24, 2.45) is 0 Å². The van der Waals surface area contributed by atoms with Gasteiger partial charge in [0.05, 0.1) is 11.2 Å². The van der Waals surface area contributed by atoms with Crippen molar-refractivity contribution in [3.05, 3.63) is 58.3 Å². The van der Waals surface area contributed by atoms with Crippen molar-refractivity contribution in [2.45, 2.75) is 17.3 Å². The van der Waals surface area contributed by atoms with Gasteiger partial charge in [-0.2, -0.15) is 0 Å². The van der Waals surface area contributed by atoms with E-state index in [1.54, 1.807) is 24.3 Å². The van der Waals surface area contributed by atoms with Crippen molar-refractivity contribution in [3.63, 3.8) is 0 Å². The largest absolute Gasteiger partial charge is 0.461 e. The zero-order valence-corrected chi connectivity index (χ0v) is 12.9. The second-order valence-electron chi connectivity index (χ2n) is 4.77. The first-order chi connectivity index (χ1) is 11.1. The highest BCUT2D eigenvalue weighted by atomic mass is 32.2. The van der Waals surface area contributed by atoms with E-state index in [1.807, 2.05) is 13.0 Å². The van der Waals surface area contributed by atoms with E-state index in [2.05, 4.69) is 10.2 Å². The Kier molecular flexibility index (Phi) is 4.02. The molecular formula is C14H13N5O3S. The van der Waals surface area contributed by atoms with E-state index in [0.29, 0.717) is 16.7 Å². The molecule has 0 saturated heterocycles. The first-order valence-corrected chi connectivity index (χ1v) is 7.59. The van der Waals surface area contributed by atoms with Gasteiger partial charge in [-0.1, -0.05) is 23.9 Å². The lowest BCUT2D eigenvalue weighted by atomic mass is 10.1. The van der Waals surface area contributed by atoms with Crippen molar-refractivity contribution >= 4 is 17.4 Å². The smallest absolute Gasteiger partial charge is 0.269 e. The molecule has 118 valence electrons. The SMILES string of the molecule is C[C@@H](Sc1nnc(-c2ccco2)n1N)c1cccc([N+](=O)[O-])c1. The minimum Gasteiger partial charge on any atom is -0.461 e. The predicted octanol–water partition coefficient (Wildman–Crippen LogP) is 3.01. The number of nitrogen functional groups attached to an aromatic ring is 1. The summed E-state index contributed by atoms with van der Waals surface area (Å²) in [6.45, 7) is 1.92. The predicted molar refractivity (Wildman–Crippen MR) is 85.2 cm³/mol. The topological polar surface area (TPSA) is 113 Å². The lowest BCUT2D eigenvalue weighted by molar-refractivity contribution is -0.384. The van der Waals surface area contributed by atoms with Crippen LogP contribution in [0.2, 0.25) is 0 Å². The van der Waals surface area contributed by atoms with Gasteiger partial charge < -0.3 is 10.3 Å². The number of aromatic nitrogens is 3. The van der Waals surface area contributed by atoms with Crippen LogP contribution in [0.5, 0.6) is 0 Å². The molecule has 0 aliphatic rings. The van der Waals surface area contributed by atoms with Gasteiger partial charge in [-0.25, -0.2) is 4.68 Å². The van der Waals surface area contributed by atoms with Gasteiger partial charge in [-0.3, -0.25) is 10.1 Å². The third-order valence-electron chi connectivity index (χ3n) is 3.24. The lowest BCUT2D eigenvalue weighted by Crippen LogP contribution is -2.11. The van der Waals surface area contributed by atoms with Crippen LogP contribution in [-0.2, 0) is 0 Å². The summed E-state index contributed by atoms with van der Waals surface area (Å²) in [5.41, 5.74) is 0.868. The van der Waals surface area contributed by atoms with Gasteiger partial charge in [-0.05, 0) is 24.6 Å². The first-order valence-electron chi connectivity index (χ1n) is 6.71. The summed E-state index contributed by atoms with van der Waals surface area (Å²) in [4.78, 5) is 10.4. The molecule has 1 aromatic carbocycles. The summed E-state index contributed by atoms with van der Waals surface area (Å²) < 4.78 is 6.60. The van der Waals surface area contributed by atoms with E-state index in [1.165, 1.54) is 28.8 Å². The summed E-state index contributed by atoms with van der Waals surface area (Å²) in [5.74, 6) is 6.94. The summed E-state index contributed by atoms with van der Waals surface area (Å²) in [6.07, 6.45) is 1.53. The molecule has 1 atom stereocenters. The minimum absolute atomic E-state index is 0.0560. The molecule has 0 fully saturated rings. The number of rotatable bonds is 5. The maximum absolute atomic E-state index is 10.9. The van der Waals surface area contributed by atoms with Crippen LogP contribution < -0.4 is 5.84 Å². The first kappa shape index (κ1) is 15.1. The number of benzene rings is 1. The number of hydrogen-bond acceptors (Lipinski definition) is 7. The van der Waals surface area contributed by atoms with Crippen molar-refractivity contribution in [3.8, 4) is 11.6 Å². The van der Waals surface area contributed by atoms with E-state index in [4.69, 9.17) is 10.3 Å². The Morgan fingerprint density at radius 2 is 2.17 bits per heavy atom. The summed E-state index contributed by atoms with van der Waals surface area (Å²) in [5, 5.41) is 19.4. The third kappa shape index (κ3) is 3.04. The maximum Gasteiger partial charge on any atom is 0.269 e. The zero-order valence-electron chi connectivity index (χ0n) is 12.1. The molecule has 9 heteroatoms. The van der Waals surface area contributed by atoms with Crippen molar-refractivity contribution < 1.29 is 9.34 Å². The van der Waals surface area contributed by atoms with E-state index in [0.717, 1.165) is 5.56 Å². The number of furan rings is 1. The Hall–Kier alpha value is -2.81. The fourth-order valence-electron chi connectivity index (χ4n) is 2.05. The Bertz CT molecular complexity index is 831. The molecule has 23 heavy (non-hydrogen) atoms. The van der Waals surface area contributed by atoms with Crippen LogP contribution in [0.3, 0.4) is 0 Å². The van der Waals surface area contributed by atoms with Crippen LogP contribution in [-0.4, -0.2) is 19.8 Å². The van der Waals surface area contributed by atoms with Gasteiger partial charge in [0.2, 0.25) is 11.0 Å². The number of hydrogen-bond donors (Lipinski definition) is 1. The molecule has 0 spiro atoms. The van der Waals surface area contributed by atoms with Gasteiger partial charge >= 0.3 is 0 Å². The highest BCUT2D eigenvalue weighted by molar-refractivity contribution is 7.99. The molecule has 2 heterocycles. The molecule has 3 aromatic rings. The Morgan fingerprint density at radius 1 is 1.35 bits per heavy atom. The van der Waals surface area contributed by atoms with Crippen LogP contribution in [0.25, 0.3) is 11.6 Å². The summed E-state index contributed by atoms with van der Waals surface area (Å²) in [7, 11) is 0. The van der Waals surface area contributed by atoms with Gasteiger partial charge in [0.1, 0.15) is 0 Å². The fraction of sp³-hybridized carbons (Fsp3) is 0.143. The molecule has 3 rings (SSSR count). The van der Waals surface area contributed by atoms with Gasteiger partial charge in [0.25, 0.3) is 5.69 Å². The monoisotopic (exact) mass is 331 g/mol. The standard InChI is InChI=1S/C14H13N5O3S/c1-9(10-4-2-5-11(8-10)19(20)21)23-14-17-16-13(18(14)15)12-6-3-7-22-12/h2-9H,15H2,1H3/t9-/m1/s1. The second kappa shape index (κ2) is 6.13. The minimum atomic E-state index is -0.415. The molecule has 2 N–H and O–H groups in total. The van der Waals surface area contributed by atoms with Crippen molar-refractivity contribution in [1.29, 1.82) is 0 Å². The average Bonchev–Trinajstić information content (AvgIpc) is 3.18. The molecule has 0 radical (unpaired) electrons. The lowest BCUT2D eigenvalue weighted by Gasteiger charge is -2.10. The molecular weight excluding hydrogens is 318 g/mol. The Labute approximate surface area is 135 Å². The quantitative estimate of drug-likeness (QED) is 0.331. The molecule has 0 saturated carbocycles. The van der Waals surface area contributed by atoms with Crippen LogP contribution >= 0.6 is 11.8 Å². The third-order valence-corrected chi connectivity index (χ3v) is 4.35. The molecule has 0 aliphatic carbocycles. The summed E-state index contributed by atoms with van der Waals surface area (Å²) >= 11 is 1.36. The van der Waals surface area contributed by atoms with E-state index in [-0.39, 0.29) is 10.9 Å². The molecule has 8 nitrogen and oxygen atoms in total. The molecule has 2 aromatic heterocycles.